The minimum Gasteiger partial charge on any atom is -0.490 e. The first-order valence-electron chi connectivity index (χ1n) is 6.31. The number of pyridine rings is 1. The number of nitrogens with zero attached hydrogens (tertiary/aromatic N) is 1. The molecule has 0 aromatic carbocycles. The van der Waals surface area contributed by atoms with Crippen molar-refractivity contribution in [2.45, 2.75) is 26.2 Å². The molecule has 2 rings (SSSR count). The van der Waals surface area contributed by atoms with Gasteiger partial charge in [0.15, 0.2) is 11.6 Å². The molecule has 1 heterocycles. The van der Waals surface area contributed by atoms with Crippen molar-refractivity contribution >= 4 is 5.82 Å². The van der Waals surface area contributed by atoms with E-state index < -0.39 is 0 Å². The van der Waals surface area contributed by atoms with Crippen LogP contribution in [0.5, 0.6) is 5.75 Å². The predicted molar refractivity (Wildman–Crippen MR) is 69.2 cm³/mol. The third kappa shape index (κ3) is 3.09. The van der Waals surface area contributed by atoms with Gasteiger partial charge in [0.2, 0.25) is 0 Å². The molecule has 1 fully saturated rings. The molecule has 1 saturated carbocycles. The fourth-order valence-electron chi connectivity index (χ4n) is 2.06. The molecular formula is C13H21N3O. The second-order valence-electron chi connectivity index (χ2n) is 4.68. The summed E-state index contributed by atoms with van der Waals surface area (Å²) in [5.74, 6) is 1.68. The van der Waals surface area contributed by atoms with Gasteiger partial charge in [0.25, 0.3) is 0 Å². The van der Waals surface area contributed by atoms with E-state index >= 15 is 0 Å². The molecule has 94 valence electrons. The standard InChI is InChI=1S/C13H21N3O/c1-2-17-11-4-3-9-15-12(11)16-10-13(5-6-13)7-8-14/h3-4,9H,2,5-8,10,14H2,1H3,(H,15,16). The smallest absolute Gasteiger partial charge is 0.168 e. The molecule has 1 aliphatic rings. The Morgan fingerprint density at radius 3 is 3.00 bits per heavy atom. The zero-order chi connectivity index (χ0) is 12.1. The lowest BCUT2D eigenvalue weighted by molar-refractivity contribution is 0.340. The molecule has 0 unspecified atom stereocenters. The van der Waals surface area contributed by atoms with Gasteiger partial charge in [0.1, 0.15) is 0 Å². The summed E-state index contributed by atoms with van der Waals surface area (Å²) in [7, 11) is 0. The van der Waals surface area contributed by atoms with Crippen LogP contribution in [0.2, 0.25) is 0 Å². The van der Waals surface area contributed by atoms with E-state index in [-0.39, 0.29) is 0 Å². The Hall–Kier alpha value is -1.29. The molecule has 0 radical (unpaired) electrons. The molecule has 0 atom stereocenters. The first-order valence-corrected chi connectivity index (χ1v) is 6.31. The lowest BCUT2D eigenvalue weighted by Crippen LogP contribution is -2.20. The summed E-state index contributed by atoms with van der Waals surface area (Å²) in [6.45, 7) is 4.35. The van der Waals surface area contributed by atoms with Crippen molar-refractivity contribution in [2.24, 2.45) is 11.1 Å². The van der Waals surface area contributed by atoms with Crippen LogP contribution in [-0.4, -0.2) is 24.7 Å². The molecule has 3 N–H and O–H groups in total. The van der Waals surface area contributed by atoms with Crippen LogP contribution in [0.1, 0.15) is 26.2 Å². The molecule has 0 spiro atoms. The largest absolute Gasteiger partial charge is 0.490 e. The lowest BCUT2D eigenvalue weighted by atomic mass is 10.0. The predicted octanol–water partition coefficient (Wildman–Crippen LogP) is 2.02. The molecule has 4 nitrogen and oxygen atoms in total. The number of ether oxygens (including phenoxy) is 1. The zero-order valence-corrected chi connectivity index (χ0v) is 10.4. The second-order valence-corrected chi connectivity index (χ2v) is 4.68. The highest BCUT2D eigenvalue weighted by atomic mass is 16.5. The number of rotatable bonds is 7. The topological polar surface area (TPSA) is 60.2 Å². The van der Waals surface area contributed by atoms with Crippen LogP contribution in [-0.2, 0) is 0 Å². The Morgan fingerprint density at radius 1 is 1.53 bits per heavy atom. The quantitative estimate of drug-likeness (QED) is 0.759. The van der Waals surface area contributed by atoms with Crippen molar-refractivity contribution in [1.82, 2.24) is 4.98 Å². The highest BCUT2D eigenvalue weighted by molar-refractivity contribution is 5.49. The number of hydrogen-bond donors (Lipinski definition) is 2. The van der Waals surface area contributed by atoms with E-state index in [1.54, 1.807) is 6.20 Å². The normalized spacial score (nSPS) is 16.6. The van der Waals surface area contributed by atoms with Crippen molar-refractivity contribution in [2.75, 3.05) is 25.0 Å². The third-order valence-electron chi connectivity index (χ3n) is 3.33. The first kappa shape index (κ1) is 12.2. The van der Waals surface area contributed by atoms with Crippen molar-refractivity contribution in [3.8, 4) is 5.75 Å². The van der Waals surface area contributed by atoms with Gasteiger partial charge in [-0.05, 0) is 50.3 Å². The van der Waals surface area contributed by atoms with Crippen LogP contribution in [0.4, 0.5) is 5.82 Å². The van der Waals surface area contributed by atoms with Crippen LogP contribution < -0.4 is 15.8 Å². The van der Waals surface area contributed by atoms with Crippen molar-refractivity contribution in [1.29, 1.82) is 0 Å². The molecule has 4 heteroatoms. The number of aromatic nitrogens is 1. The molecule has 1 aliphatic carbocycles. The highest BCUT2D eigenvalue weighted by Crippen LogP contribution is 2.48. The van der Waals surface area contributed by atoms with E-state index in [9.17, 15) is 0 Å². The average Bonchev–Trinajstić information content (AvgIpc) is 3.09. The maximum Gasteiger partial charge on any atom is 0.168 e. The van der Waals surface area contributed by atoms with Crippen LogP contribution >= 0.6 is 0 Å². The fraction of sp³-hybridized carbons (Fsp3) is 0.615. The fourth-order valence-corrected chi connectivity index (χ4v) is 2.06. The first-order chi connectivity index (χ1) is 8.29. The molecule has 0 aliphatic heterocycles. The Kier molecular flexibility index (Phi) is 3.84. The summed E-state index contributed by atoms with van der Waals surface area (Å²) in [4.78, 5) is 4.32. The van der Waals surface area contributed by atoms with Gasteiger partial charge in [-0.15, -0.1) is 0 Å². The van der Waals surface area contributed by atoms with Gasteiger partial charge >= 0.3 is 0 Å². The maximum atomic E-state index is 5.63. The molecule has 1 aromatic rings. The van der Waals surface area contributed by atoms with Gasteiger partial charge in [-0.1, -0.05) is 0 Å². The van der Waals surface area contributed by atoms with Crippen LogP contribution in [0.15, 0.2) is 18.3 Å². The summed E-state index contributed by atoms with van der Waals surface area (Å²) in [5, 5.41) is 3.39. The van der Waals surface area contributed by atoms with Gasteiger partial charge in [-0.25, -0.2) is 4.98 Å². The summed E-state index contributed by atoms with van der Waals surface area (Å²) in [6, 6.07) is 3.84. The van der Waals surface area contributed by atoms with Gasteiger partial charge in [-0.3, -0.25) is 0 Å². The SMILES string of the molecule is CCOc1cccnc1NCC1(CCN)CC1. The molecule has 0 saturated heterocycles. The van der Waals surface area contributed by atoms with Crippen molar-refractivity contribution in [3.63, 3.8) is 0 Å². The van der Waals surface area contributed by atoms with E-state index in [4.69, 9.17) is 10.5 Å². The molecule has 0 bridgehead atoms. The summed E-state index contributed by atoms with van der Waals surface area (Å²) < 4.78 is 5.53. The molecule has 0 amide bonds. The third-order valence-corrected chi connectivity index (χ3v) is 3.33. The van der Waals surface area contributed by atoms with Gasteiger partial charge in [-0.2, -0.15) is 0 Å². The highest BCUT2D eigenvalue weighted by Gasteiger charge is 2.41. The van der Waals surface area contributed by atoms with E-state index in [2.05, 4.69) is 10.3 Å². The van der Waals surface area contributed by atoms with E-state index in [0.717, 1.165) is 31.1 Å². The maximum absolute atomic E-state index is 5.63. The summed E-state index contributed by atoms with van der Waals surface area (Å²) in [6.07, 6.45) is 5.42. The Morgan fingerprint density at radius 2 is 2.35 bits per heavy atom. The van der Waals surface area contributed by atoms with Crippen LogP contribution in [0.3, 0.4) is 0 Å². The number of anilines is 1. The Balaban J connectivity index is 1.94. The van der Waals surface area contributed by atoms with Crippen LogP contribution in [0, 0.1) is 5.41 Å². The van der Waals surface area contributed by atoms with Crippen molar-refractivity contribution < 1.29 is 4.74 Å². The zero-order valence-electron chi connectivity index (χ0n) is 10.4. The number of nitrogens with two attached hydrogens (primary N) is 1. The van der Waals surface area contributed by atoms with Gasteiger partial charge < -0.3 is 15.8 Å². The van der Waals surface area contributed by atoms with E-state index in [1.807, 2.05) is 19.1 Å². The average molecular weight is 235 g/mol. The number of hydrogen-bond acceptors (Lipinski definition) is 4. The molecular weight excluding hydrogens is 214 g/mol. The summed E-state index contributed by atoms with van der Waals surface area (Å²) in [5.41, 5.74) is 6.05. The summed E-state index contributed by atoms with van der Waals surface area (Å²) >= 11 is 0. The van der Waals surface area contributed by atoms with Crippen LogP contribution in [0.25, 0.3) is 0 Å². The Bertz CT molecular complexity index is 363. The van der Waals surface area contributed by atoms with Gasteiger partial charge in [0.05, 0.1) is 6.61 Å². The minimum absolute atomic E-state index is 0.412. The number of nitrogens with one attached hydrogen (secondary N) is 1. The lowest BCUT2D eigenvalue weighted by Gasteiger charge is -2.16. The minimum atomic E-state index is 0.412. The second kappa shape index (κ2) is 5.36. The molecule has 17 heavy (non-hydrogen) atoms. The van der Waals surface area contributed by atoms with E-state index in [0.29, 0.717) is 12.0 Å². The molecule has 1 aromatic heterocycles. The Labute approximate surface area is 103 Å². The monoisotopic (exact) mass is 235 g/mol. The van der Waals surface area contributed by atoms with Gasteiger partial charge in [0, 0.05) is 12.7 Å². The van der Waals surface area contributed by atoms with Crippen molar-refractivity contribution in [3.05, 3.63) is 18.3 Å². The van der Waals surface area contributed by atoms with E-state index in [1.165, 1.54) is 12.8 Å².